The van der Waals surface area contributed by atoms with Crippen molar-refractivity contribution in [3.8, 4) is 0 Å². The van der Waals surface area contributed by atoms with Crippen LogP contribution < -0.4 is 0 Å². The smallest absolute Gasteiger partial charge is 0.449 e. The molecule has 138 valence electrons. The molecule has 0 saturated carbocycles. The average Bonchev–Trinajstić information content (AvgIpc) is 2.66. The number of rotatable bonds is 0. The van der Waals surface area contributed by atoms with Crippen LogP contribution in [0.4, 0.5) is 9.59 Å². The molecule has 0 unspecified atom stereocenters. The largest absolute Gasteiger partial charge is 0.516 e. The van der Waals surface area contributed by atoms with Crippen molar-refractivity contribution in [1.82, 2.24) is 0 Å². The number of carboxylic acid groups (broad SMARTS) is 2. The van der Waals surface area contributed by atoms with Gasteiger partial charge in [0.15, 0.2) is 0 Å². The highest BCUT2D eigenvalue weighted by Gasteiger charge is 2.13. The van der Waals surface area contributed by atoms with E-state index in [1.165, 1.54) is 43.1 Å². The molecule has 0 spiro atoms. The second kappa shape index (κ2) is 6.98. The molecule has 0 heterocycles. The number of ether oxygens (including phenoxy) is 1. The molecule has 6 heteroatoms. The lowest BCUT2D eigenvalue weighted by atomic mass is 9.90. The standard InChI is InChI=1S/C20H11Br.C2H2O5/c21-18-11-10-16-14-7-2-5-12-4-1-6-13(19(12)14)15-8-3-9-17(18)20(15)16;3-1(4)7-2(5)6/h1-11H;(H,3,4)(H,5,6). The Labute approximate surface area is 167 Å². The molecule has 0 radical (unpaired) electrons. The van der Waals surface area contributed by atoms with E-state index in [4.69, 9.17) is 10.2 Å². The number of carbonyl (C=O) groups is 2. The van der Waals surface area contributed by atoms with E-state index < -0.39 is 12.3 Å². The summed E-state index contributed by atoms with van der Waals surface area (Å²) in [7, 11) is 0. The van der Waals surface area contributed by atoms with Gasteiger partial charge >= 0.3 is 12.3 Å². The normalized spacial score (nSPS) is 10.9. The van der Waals surface area contributed by atoms with E-state index in [1.54, 1.807) is 0 Å². The molecule has 0 amide bonds. The number of hydrogen-bond donors (Lipinski definition) is 2. The Morgan fingerprint density at radius 1 is 0.643 bits per heavy atom. The molecule has 0 aliphatic carbocycles. The minimum absolute atomic E-state index is 1.16. The van der Waals surface area contributed by atoms with Gasteiger partial charge in [-0.2, -0.15) is 0 Å². The predicted molar refractivity (Wildman–Crippen MR) is 112 cm³/mol. The molecule has 0 bridgehead atoms. The summed E-state index contributed by atoms with van der Waals surface area (Å²) in [6.07, 6.45) is -3.62. The summed E-state index contributed by atoms with van der Waals surface area (Å²) in [6, 6.07) is 24.2. The highest BCUT2D eigenvalue weighted by Crippen LogP contribution is 2.41. The fraction of sp³-hybridized carbons (Fsp3) is 0. The van der Waals surface area contributed by atoms with Gasteiger partial charge in [-0.05, 0) is 49.2 Å². The monoisotopic (exact) mass is 436 g/mol. The molecule has 0 atom stereocenters. The van der Waals surface area contributed by atoms with Crippen LogP contribution in [0.3, 0.4) is 0 Å². The van der Waals surface area contributed by atoms with Crippen LogP contribution in [-0.4, -0.2) is 22.5 Å². The van der Waals surface area contributed by atoms with Crippen molar-refractivity contribution in [1.29, 1.82) is 0 Å². The van der Waals surface area contributed by atoms with Gasteiger partial charge in [0.25, 0.3) is 0 Å². The molecule has 0 aliphatic heterocycles. The first-order valence-corrected chi connectivity index (χ1v) is 9.14. The zero-order valence-corrected chi connectivity index (χ0v) is 15.9. The van der Waals surface area contributed by atoms with Crippen LogP contribution in [0, 0.1) is 0 Å². The molecule has 2 N–H and O–H groups in total. The minimum atomic E-state index is -1.81. The SMILES string of the molecule is Brc1ccc2c3cccc4cccc(c5cccc1c52)c43.O=C(O)OC(=O)O. The zero-order chi connectivity index (χ0) is 19.8. The summed E-state index contributed by atoms with van der Waals surface area (Å²) in [6.45, 7) is 0. The average molecular weight is 437 g/mol. The first kappa shape index (κ1) is 18.0. The van der Waals surface area contributed by atoms with Crippen LogP contribution in [-0.2, 0) is 4.74 Å². The Morgan fingerprint density at radius 2 is 1.11 bits per heavy atom. The van der Waals surface area contributed by atoms with E-state index >= 15 is 0 Å². The Bertz CT molecular complexity index is 1300. The van der Waals surface area contributed by atoms with Gasteiger partial charge in [-0.3, -0.25) is 0 Å². The third-order valence-electron chi connectivity index (χ3n) is 4.65. The van der Waals surface area contributed by atoms with Crippen molar-refractivity contribution < 1.29 is 24.5 Å². The van der Waals surface area contributed by atoms with Crippen LogP contribution in [0.5, 0.6) is 0 Å². The summed E-state index contributed by atoms with van der Waals surface area (Å²) in [5.41, 5.74) is 0. The van der Waals surface area contributed by atoms with Crippen LogP contribution in [0.25, 0.3) is 43.1 Å². The van der Waals surface area contributed by atoms with Crippen molar-refractivity contribution in [3.63, 3.8) is 0 Å². The van der Waals surface area contributed by atoms with Gasteiger partial charge in [-0.25, -0.2) is 9.59 Å². The molecule has 5 aromatic rings. The van der Waals surface area contributed by atoms with Crippen molar-refractivity contribution >= 4 is 71.3 Å². The molecule has 5 nitrogen and oxygen atoms in total. The number of benzene rings is 5. The number of fused-ring (bicyclic) bond motifs is 2. The molecule has 0 saturated heterocycles. The fourth-order valence-corrected chi connectivity index (χ4v) is 4.15. The fourth-order valence-electron chi connectivity index (χ4n) is 3.68. The lowest BCUT2D eigenvalue weighted by Crippen LogP contribution is -2.05. The van der Waals surface area contributed by atoms with Gasteiger partial charge in [-0.15, -0.1) is 0 Å². The third-order valence-corrected chi connectivity index (χ3v) is 5.34. The Balaban J connectivity index is 0.000000239. The minimum Gasteiger partial charge on any atom is -0.449 e. The molecule has 0 aromatic heterocycles. The third kappa shape index (κ3) is 2.97. The second-order valence-corrected chi connectivity index (χ2v) is 7.02. The van der Waals surface area contributed by atoms with Crippen LogP contribution >= 0.6 is 15.9 Å². The maximum atomic E-state index is 9.21. The molecule has 0 fully saturated rings. The quantitative estimate of drug-likeness (QED) is 0.120. The van der Waals surface area contributed by atoms with Crippen LogP contribution in [0.15, 0.2) is 71.2 Å². The summed E-state index contributed by atoms with van der Waals surface area (Å²) in [4.78, 5) is 18.4. The molecular weight excluding hydrogens is 424 g/mol. The van der Waals surface area contributed by atoms with Crippen LogP contribution in [0.2, 0.25) is 0 Å². The van der Waals surface area contributed by atoms with E-state index in [0.717, 1.165) is 4.47 Å². The summed E-state index contributed by atoms with van der Waals surface area (Å²) < 4.78 is 4.25. The van der Waals surface area contributed by atoms with E-state index in [-0.39, 0.29) is 0 Å². The van der Waals surface area contributed by atoms with Crippen molar-refractivity contribution in [2.75, 3.05) is 0 Å². The maximum absolute atomic E-state index is 9.21. The second-order valence-electron chi connectivity index (χ2n) is 6.17. The highest BCUT2D eigenvalue weighted by molar-refractivity contribution is 9.10. The molecule has 5 rings (SSSR count). The van der Waals surface area contributed by atoms with Crippen molar-refractivity contribution in [2.24, 2.45) is 0 Å². The van der Waals surface area contributed by atoms with Crippen LogP contribution in [0.1, 0.15) is 0 Å². The lowest BCUT2D eigenvalue weighted by molar-refractivity contribution is 0.0802. The molecule has 5 aromatic carbocycles. The van der Waals surface area contributed by atoms with Crippen molar-refractivity contribution in [2.45, 2.75) is 0 Å². The summed E-state index contributed by atoms with van der Waals surface area (Å²) in [5.74, 6) is 0. The Kier molecular flexibility index (Phi) is 4.49. The van der Waals surface area contributed by atoms with Gasteiger partial charge in [0, 0.05) is 4.47 Å². The topological polar surface area (TPSA) is 83.8 Å². The van der Waals surface area contributed by atoms with Gasteiger partial charge in [0.2, 0.25) is 0 Å². The number of hydrogen-bond acceptors (Lipinski definition) is 3. The predicted octanol–water partition coefficient (Wildman–Crippen LogP) is 6.86. The van der Waals surface area contributed by atoms with E-state index in [9.17, 15) is 9.59 Å². The Morgan fingerprint density at radius 3 is 1.64 bits per heavy atom. The highest BCUT2D eigenvalue weighted by atomic mass is 79.9. The molecular formula is C22H13BrO5. The van der Waals surface area contributed by atoms with Gasteiger partial charge in [0.1, 0.15) is 0 Å². The summed E-state index contributed by atoms with van der Waals surface area (Å²) >= 11 is 3.70. The van der Waals surface area contributed by atoms with E-state index in [0.29, 0.717) is 0 Å². The summed E-state index contributed by atoms with van der Waals surface area (Å²) in [5, 5.41) is 25.7. The number of halogens is 1. The zero-order valence-electron chi connectivity index (χ0n) is 14.3. The first-order valence-electron chi connectivity index (χ1n) is 8.35. The van der Waals surface area contributed by atoms with E-state index in [1.807, 2.05) is 0 Å². The van der Waals surface area contributed by atoms with Gasteiger partial charge in [-0.1, -0.05) is 76.6 Å². The maximum Gasteiger partial charge on any atom is 0.516 e. The molecule has 0 aliphatic rings. The lowest BCUT2D eigenvalue weighted by Gasteiger charge is -2.14. The molecule has 28 heavy (non-hydrogen) atoms. The first-order chi connectivity index (χ1) is 13.5. The van der Waals surface area contributed by atoms with E-state index in [2.05, 4.69) is 87.4 Å². The van der Waals surface area contributed by atoms with Gasteiger partial charge in [0.05, 0.1) is 0 Å². The van der Waals surface area contributed by atoms with Gasteiger partial charge < -0.3 is 14.9 Å². The van der Waals surface area contributed by atoms with Crippen molar-refractivity contribution in [3.05, 3.63) is 71.2 Å². The Hall–Kier alpha value is -3.38.